The van der Waals surface area contributed by atoms with Crippen LogP contribution in [0.15, 0.2) is 109 Å². The van der Waals surface area contributed by atoms with E-state index < -0.39 is 0 Å². The Kier molecular flexibility index (Phi) is 17.3. The fourth-order valence-electron chi connectivity index (χ4n) is 3.87. The lowest BCUT2D eigenvalue weighted by atomic mass is 10.1. The van der Waals surface area contributed by atoms with Crippen LogP contribution in [0, 0.1) is 20.8 Å². The molecule has 7 heteroatoms. The van der Waals surface area contributed by atoms with Crippen LogP contribution < -0.4 is 5.73 Å². The van der Waals surface area contributed by atoms with Gasteiger partial charge in [0.15, 0.2) is 5.78 Å². The largest absolute Gasteiger partial charge is 0.324 e. The van der Waals surface area contributed by atoms with Gasteiger partial charge in [0.1, 0.15) is 0 Å². The summed E-state index contributed by atoms with van der Waals surface area (Å²) in [5.41, 5.74) is 16.0. The fraction of sp³-hybridized carbons (Fsp3) is 0.297. The average Bonchev–Trinajstić information content (AvgIpc) is 3.70. The second-order valence-electron chi connectivity index (χ2n) is 10.5. The smallest absolute Gasteiger partial charge is 0.165 e. The minimum atomic E-state index is 0.0101. The first-order valence-electron chi connectivity index (χ1n) is 14.7. The van der Waals surface area contributed by atoms with Gasteiger partial charge in [0, 0.05) is 50.2 Å². The zero-order valence-electron chi connectivity index (χ0n) is 27.9. The van der Waals surface area contributed by atoms with E-state index >= 15 is 0 Å². The third-order valence-electron chi connectivity index (χ3n) is 6.63. The molecule has 0 aliphatic carbocycles. The van der Waals surface area contributed by atoms with Crippen LogP contribution in [0.5, 0.6) is 0 Å². The van der Waals surface area contributed by atoms with Gasteiger partial charge in [-0.05, 0) is 63.8 Å². The zero-order valence-corrected chi connectivity index (χ0v) is 27.9. The van der Waals surface area contributed by atoms with Crippen LogP contribution in [0.25, 0.3) is 5.57 Å². The van der Waals surface area contributed by atoms with Crippen molar-refractivity contribution in [1.29, 1.82) is 0 Å². The number of hydrogen-bond acceptors (Lipinski definition) is 5. The number of nitrogens with one attached hydrogen (secondary N) is 1. The van der Waals surface area contributed by atoms with E-state index in [9.17, 15) is 4.79 Å². The van der Waals surface area contributed by atoms with Crippen molar-refractivity contribution >= 4 is 17.1 Å². The number of hydrogen-bond donors (Lipinski definition) is 2. The molecule has 0 fully saturated rings. The number of Topliss-reactive ketones (excluding diaryl/α,β-unsaturated/α-hetero) is 1. The Hall–Kier alpha value is -4.62. The Morgan fingerprint density at radius 2 is 1.70 bits per heavy atom. The molecule has 1 atom stereocenters. The van der Waals surface area contributed by atoms with Crippen LogP contribution >= 0.6 is 0 Å². The summed E-state index contributed by atoms with van der Waals surface area (Å²) in [6.07, 6.45) is 13.3. The van der Waals surface area contributed by atoms with E-state index in [-0.39, 0.29) is 11.8 Å². The lowest BCUT2D eigenvalue weighted by molar-refractivity contribution is 0.0988. The molecule has 0 saturated carbocycles. The van der Waals surface area contributed by atoms with Crippen molar-refractivity contribution in [2.75, 3.05) is 7.05 Å². The molecule has 2 aromatic heterocycles. The Balaban J connectivity index is 0.000000301. The second kappa shape index (κ2) is 20.3. The van der Waals surface area contributed by atoms with Crippen LogP contribution in [-0.4, -0.2) is 44.6 Å². The SMILES string of the molecule is C=C/C(=C\C=C(/C)c1cn[nH]c1)C(C)N.CCC(=O)c1cnn(C)c1.CN=C(C)c1ccccc1C.Cc1cccc(C)c1. The van der Waals surface area contributed by atoms with E-state index in [4.69, 9.17) is 5.73 Å². The number of benzene rings is 2. The van der Waals surface area contributed by atoms with Crippen molar-refractivity contribution in [1.82, 2.24) is 20.0 Å². The summed E-state index contributed by atoms with van der Waals surface area (Å²) in [6.45, 7) is 17.9. The maximum atomic E-state index is 11.0. The van der Waals surface area contributed by atoms with Gasteiger partial charge in [-0.15, -0.1) is 0 Å². The number of aromatic nitrogens is 4. The van der Waals surface area contributed by atoms with Crippen molar-refractivity contribution in [3.63, 3.8) is 0 Å². The first-order chi connectivity index (χ1) is 20.9. The molecule has 1 unspecified atom stereocenters. The van der Waals surface area contributed by atoms with Gasteiger partial charge in [0.2, 0.25) is 0 Å². The molecule has 7 nitrogen and oxygen atoms in total. The minimum absolute atomic E-state index is 0.0101. The highest BCUT2D eigenvalue weighted by Gasteiger charge is 2.03. The quantitative estimate of drug-likeness (QED) is 0.128. The van der Waals surface area contributed by atoms with Gasteiger partial charge < -0.3 is 5.73 Å². The van der Waals surface area contributed by atoms with Gasteiger partial charge in [-0.3, -0.25) is 19.6 Å². The normalized spacial score (nSPS) is 12.0. The molecule has 3 N–H and O–H groups in total. The molecule has 234 valence electrons. The molecular formula is C37H50N6O. The van der Waals surface area contributed by atoms with E-state index in [1.165, 1.54) is 22.3 Å². The standard InChI is InChI=1S/C12H17N3.C10H13N.C8H10.C7H10N2O/c1-4-11(10(3)13)6-5-9(2)12-7-14-15-8-12;1-8-6-4-5-7-10(8)9(2)11-3;1-7-4-3-5-8(2)6-7;1-3-7(10)6-4-8-9(2)5-6/h4-8,10H,1,13H2,2-3H3,(H,14,15);4-7H,1-3H3;3-6H,1-2H3;4-5H,3H2,1-2H3/b9-5+,11-6+;;;. The van der Waals surface area contributed by atoms with Crippen LogP contribution in [0.1, 0.15) is 72.3 Å². The number of rotatable bonds is 7. The lowest BCUT2D eigenvalue weighted by Crippen LogP contribution is -2.16. The van der Waals surface area contributed by atoms with Crippen LogP contribution in [0.4, 0.5) is 0 Å². The summed E-state index contributed by atoms with van der Waals surface area (Å²) in [5, 5.41) is 10.6. The average molecular weight is 595 g/mol. The molecule has 4 rings (SSSR count). The zero-order chi connectivity index (χ0) is 33.1. The van der Waals surface area contributed by atoms with Gasteiger partial charge in [-0.1, -0.05) is 91.4 Å². The number of allylic oxidation sites excluding steroid dienone is 3. The molecular weight excluding hydrogens is 544 g/mol. The predicted octanol–water partition coefficient (Wildman–Crippen LogP) is 8.02. The van der Waals surface area contributed by atoms with Crippen molar-refractivity contribution in [3.05, 3.63) is 137 Å². The summed E-state index contributed by atoms with van der Waals surface area (Å²) in [6, 6.07) is 16.7. The van der Waals surface area contributed by atoms with Crippen molar-refractivity contribution in [2.24, 2.45) is 17.8 Å². The molecule has 44 heavy (non-hydrogen) atoms. The summed E-state index contributed by atoms with van der Waals surface area (Å²) in [4.78, 5) is 15.1. The van der Waals surface area contributed by atoms with Crippen LogP contribution in [0.3, 0.4) is 0 Å². The van der Waals surface area contributed by atoms with Crippen LogP contribution in [0.2, 0.25) is 0 Å². The van der Waals surface area contributed by atoms with Crippen LogP contribution in [-0.2, 0) is 7.05 Å². The van der Waals surface area contributed by atoms with E-state index in [2.05, 4.69) is 84.0 Å². The Morgan fingerprint density at radius 1 is 1.05 bits per heavy atom. The molecule has 2 heterocycles. The minimum Gasteiger partial charge on any atom is -0.324 e. The number of H-pyrrole nitrogens is 1. The van der Waals surface area contributed by atoms with E-state index in [0.29, 0.717) is 12.0 Å². The molecule has 0 aliphatic rings. The van der Waals surface area contributed by atoms with Crippen molar-refractivity contribution < 1.29 is 4.79 Å². The maximum absolute atomic E-state index is 11.0. The molecule has 0 spiro atoms. The van der Waals surface area contributed by atoms with E-state index in [0.717, 1.165) is 22.4 Å². The predicted molar refractivity (Wildman–Crippen MR) is 187 cm³/mol. The number of nitrogens with zero attached hydrogens (tertiary/aromatic N) is 4. The van der Waals surface area contributed by atoms with Crippen molar-refractivity contribution in [3.8, 4) is 0 Å². The number of nitrogens with two attached hydrogens (primary N) is 1. The van der Waals surface area contributed by atoms with Gasteiger partial charge >= 0.3 is 0 Å². The fourth-order valence-corrected chi connectivity index (χ4v) is 3.87. The molecule has 2 aromatic carbocycles. The topological polar surface area (TPSA) is 102 Å². The number of aromatic amines is 1. The molecule has 0 bridgehead atoms. The lowest BCUT2D eigenvalue weighted by Gasteiger charge is -2.04. The van der Waals surface area contributed by atoms with E-state index in [1.54, 1.807) is 36.4 Å². The summed E-state index contributed by atoms with van der Waals surface area (Å²) in [7, 11) is 3.62. The maximum Gasteiger partial charge on any atom is 0.165 e. The number of carbonyl (C=O) groups is 1. The highest BCUT2D eigenvalue weighted by atomic mass is 16.1. The Morgan fingerprint density at radius 3 is 2.14 bits per heavy atom. The number of carbonyl (C=O) groups excluding carboxylic acids is 1. The number of ketones is 1. The molecule has 0 amide bonds. The first-order valence-corrected chi connectivity index (χ1v) is 14.7. The Labute approximate surface area is 264 Å². The Bertz CT molecular complexity index is 1500. The van der Waals surface area contributed by atoms with Gasteiger partial charge in [-0.25, -0.2) is 0 Å². The first kappa shape index (κ1) is 37.4. The summed E-state index contributed by atoms with van der Waals surface area (Å²) >= 11 is 0. The molecule has 0 radical (unpaired) electrons. The highest BCUT2D eigenvalue weighted by Crippen LogP contribution is 2.12. The number of aliphatic imine (C=N–C) groups is 1. The molecule has 0 aliphatic heterocycles. The van der Waals surface area contributed by atoms with Gasteiger partial charge in [-0.2, -0.15) is 10.2 Å². The monoisotopic (exact) mass is 594 g/mol. The number of aryl methyl sites for hydroxylation is 4. The highest BCUT2D eigenvalue weighted by molar-refractivity contribution is 5.99. The third kappa shape index (κ3) is 14.0. The van der Waals surface area contributed by atoms with E-state index in [1.807, 2.05) is 65.2 Å². The van der Waals surface area contributed by atoms with Gasteiger partial charge in [0.05, 0.1) is 18.0 Å². The van der Waals surface area contributed by atoms with Crippen molar-refractivity contribution in [2.45, 2.75) is 60.9 Å². The second-order valence-corrected chi connectivity index (χ2v) is 10.5. The summed E-state index contributed by atoms with van der Waals surface area (Å²) < 4.78 is 1.63. The summed E-state index contributed by atoms with van der Waals surface area (Å²) in [5.74, 6) is 0.146. The molecule has 4 aromatic rings. The molecule has 0 saturated heterocycles. The van der Waals surface area contributed by atoms with Gasteiger partial charge in [0.25, 0.3) is 0 Å². The third-order valence-corrected chi connectivity index (χ3v) is 6.63.